The molecule has 6 bridgehead atoms. The Morgan fingerprint density at radius 2 is 1.82 bits per heavy atom. The fraction of sp³-hybridized carbons (Fsp3) is 0.519. The van der Waals surface area contributed by atoms with Crippen molar-refractivity contribution in [1.29, 1.82) is 0 Å². The number of amides is 4. The van der Waals surface area contributed by atoms with E-state index in [1.54, 1.807) is 39.3 Å². The summed E-state index contributed by atoms with van der Waals surface area (Å²) < 4.78 is 14.2. The second kappa shape index (κ2) is 21.6. The van der Waals surface area contributed by atoms with Gasteiger partial charge in [0.25, 0.3) is 17.7 Å². The highest BCUT2D eigenvalue weighted by Crippen LogP contribution is 2.42. The molecule has 71 heavy (non-hydrogen) atoms. The maximum Gasteiger partial charge on any atom is 0.324 e. The van der Waals surface area contributed by atoms with E-state index in [9.17, 15) is 34.2 Å². The van der Waals surface area contributed by atoms with Crippen LogP contribution in [-0.4, -0.2) is 154 Å². The fourth-order valence-electron chi connectivity index (χ4n) is 10.2. The number of nitrogens with zero attached hydrogens (tertiary/aromatic N) is 6. The van der Waals surface area contributed by atoms with E-state index >= 15 is 0 Å². The first-order valence-corrected chi connectivity index (χ1v) is 24.6. The normalized spacial score (nSPS) is 21.3. The second-order valence-electron chi connectivity index (χ2n) is 20.7. The van der Waals surface area contributed by atoms with Gasteiger partial charge in [0.1, 0.15) is 23.9 Å². The molecule has 4 N–H and O–H groups in total. The van der Waals surface area contributed by atoms with E-state index in [0.717, 1.165) is 38.9 Å². The summed E-state index contributed by atoms with van der Waals surface area (Å²) in [7, 11) is 6.76. The molecule has 4 amide bonds. The van der Waals surface area contributed by atoms with Crippen LogP contribution in [-0.2, 0) is 52.8 Å². The number of likely N-dealkylation sites (tertiary alicyclic amines) is 1. The van der Waals surface area contributed by atoms with Crippen LogP contribution in [0, 0.1) is 23.2 Å². The van der Waals surface area contributed by atoms with Crippen molar-refractivity contribution < 1.29 is 43.7 Å². The first kappa shape index (κ1) is 52.5. The molecule has 0 spiro atoms. The monoisotopic (exact) mass is 975 g/mol. The van der Waals surface area contributed by atoms with Gasteiger partial charge in [0.05, 0.1) is 31.5 Å². The zero-order chi connectivity index (χ0) is 51.5. The molecule has 17 nitrogen and oxygen atoms in total. The van der Waals surface area contributed by atoms with Crippen molar-refractivity contribution in [2.45, 2.75) is 110 Å². The molecule has 2 aromatic carbocycles. The van der Waals surface area contributed by atoms with Gasteiger partial charge >= 0.3 is 5.97 Å². The number of pyridine rings is 1. The number of cyclic esters (lactones) is 1. The van der Waals surface area contributed by atoms with Crippen molar-refractivity contribution in [3.63, 3.8) is 0 Å². The molecule has 4 aromatic rings. The molecule has 2 aromatic heterocycles. The van der Waals surface area contributed by atoms with E-state index in [1.807, 2.05) is 50.3 Å². The minimum Gasteiger partial charge on any atom is -0.508 e. The summed E-state index contributed by atoms with van der Waals surface area (Å²) >= 11 is 0. The Morgan fingerprint density at radius 1 is 1.06 bits per heavy atom. The number of phenolic OH excluding ortho intramolecular Hbond substituents is 1. The van der Waals surface area contributed by atoms with Crippen molar-refractivity contribution in [1.82, 2.24) is 40.0 Å². The molecule has 2 saturated heterocycles. The second-order valence-corrected chi connectivity index (χ2v) is 20.7. The number of hydrazine groups is 1. The highest BCUT2D eigenvalue weighted by atomic mass is 16.5. The van der Waals surface area contributed by atoms with Crippen LogP contribution in [0.15, 0.2) is 54.9 Å². The Labute approximate surface area is 416 Å². The zero-order valence-electron chi connectivity index (χ0n) is 42.8. The minimum atomic E-state index is -1.97. The van der Waals surface area contributed by atoms with E-state index in [-0.39, 0.29) is 50.9 Å². The Kier molecular flexibility index (Phi) is 16.0. The molecule has 5 atom stereocenters. The molecular weight excluding hydrogens is 905 g/mol. The van der Waals surface area contributed by atoms with Crippen molar-refractivity contribution in [3.8, 4) is 40.0 Å². The van der Waals surface area contributed by atoms with Gasteiger partial charge in [-0.3, -0.25) is 38.9 Å². The molecule has 17 heteroatoms. The highest BCUT2D eigenvalue weighted by Gasteiger charge is 2.48. The standard InChI is InChI=1S/C54H70N8O9/c1-11-61-45-17-16-36-28-40(45)41(48(61)42-30-55-20-18-39(42)34(4)70-10)29-53(5,6)32-71-51(67)43-14-12-22-62(57-43)50(66)44(26-35-24-37(36)27-38(63)25-35)56-49(65)47(33(2)3)59(9)52(68)54(69)19-23-60(31-54)46(64)15-13-21-58(7)8/h16-18,20,24-25,27-28,30,33-34,43-44,47,57,63,69H,11-12,14,19,21-23,26,29,31-32H2,1-10H3,(H,56,65)/t34-,43-,44-,47-,54+/m0/s1. The number of ether oxygens (including phenoxy) is 2. The summed E-state index contributed by atoms with van der Waals surface area (Å²) in [5.74, 6) is 1.88. The molecule has 7 rings (SSSR count). The van der Waals surface area contributed by atoms with Crippen molar-refractivity contribution in [2.24, 2.45) is 11.3 Å². The van der Waals surface area contributed by atoms with E-state index < -0.39 is 64.7 Å². The lowest BCUT2D eigenvalue weighted by Gasteiger charge is -2.37. The maximum absolute atomic E-state index is 14.8. The molecule has 0 unspecified atom stereocenters. The third-order valence-corrected chi connectivity index (χ3v) is 13.9. The average molecular weight is 975 g/mol. The van der Waals surface area contributed by atoms with Crippen LogP contribution < -0.4 is 10.7 Å². The van der Waals surface area contributed by atoms with Gasteiger partial charge in [0, 0.05) is 80.9 Å². The number of hydrogen-bond acceptors (Lipinski definition) is 12. The Balaban J connectivity index is 1.27. The largest absolute Gasteiger partial charge is 0.508 e. The number of aromatic hydroxyl groups is 1. The van der Waals surface area contributed by atoms with Crippen molar-refractivity contribution >= 4 is 40.5 Å². The molecule has 0 saturated carbocycles. The number of rotatable bonds is 10. The van der Waals surface area contributed by atoms with Gasteiger partial charge in [-0.15, -0.1) is 0 Å². The van der Waals surface area contributed by atoms with Crippen LogP contribution in [0.25, 0.3) is 33.3 Å². The number of aliphatic hydroxyl groups is 1. The summed E-state index contributed by atoms with van der Waals surface area (Å²) in [4.78, 5) is 79.4. The lowest BCUT2D eigenvalue weighted by Crippen LogP contribution is -2.63. The smallest absolute Gasteiger partial charge is 0.324 e. The van der Waals surface area contributed by atoms with Crippen LogP contribution >= 0.6 is 0 Å². The van der Waals surface area contributed by atoms with Gasteiger partial charge in [-0.2, -0.15) is 0 Å². The topological polar surface area (TPSA) is 199 Å². The molecule has 3 aliphatic rings. The lowest BCUT2D eigenvalue weighted by atomic mass is 9.84. The average Bonchev–Trinajstić information content (AvgIpc) is 3.89. The van der Waals surface area contributed by atoms with Crippen LogP contribution in [0.5, 0.6) is 5.75 Å². The van der Waals surface area contributed by atoms with E-state index in [1.165, 1.54) is 21.9 Å². The quantitative estimate of drug-likeness (QED) is 0.129. The van der Waals surface area contributed by atoms with Crippen LogP contribution in [0.2, 0.25) is 0 Å². The van der Waals surface area contributed by atoms with Gasteiger partial charge in [-0.05, 0) is 117 Å². The van der Waals surface area contributed by atoms with E-state index in [4.69, 9.17) is 9.47 Å². The molecule has 3 aliphatic heterocycles. The molecule has 0 aliphatic carbocycles. The summed E-state index contributed by atoms with van der Waals surface area (Å²) in [6.07, 6.45) is 4.69. The SMILES string of the molecule is CCn1c(-c2cnccc2[C@H](C)OC)c2c3cc(ccc31)-c1cc(O)cc(c1)C[C@H](NC(=O)[C@H](C(C)C)N(C)C(=O)[C@@]1(O)CCN(C(=O)C#CCN(C)C)C1)C(=O)N1CCC[C@H](N1)C(=O)OCC(C)(C)C2. The third kappa shape index (κ3) is 11.4. The van der Waals surface area contributed by atoms with E-state index in [0.29, 0.717) is 43.5 Å². The highest BCUT2D eigenvalue weighted by molar-refractivity contribution is 5.98. The van der Waals surface area contributed by atoms with E-state index in [2.05, 4.69) is 65.0 Å². The molecular formula is C54H70N8O9. The molecule has 0 radical (unpaired) electrons. The lowest BCUT2D eigenvalue weighted by molar-refractivity contribution is -0.156. The fourth-order valence-corrected chi connectivity index (χ4v) is 10.2. The number of aryl methyl sites for hydroxylation is 1. The third-order valence-electron chi connectivity index (χ3n) is 13.9. The Morgan fingerprint density at radius 3 is 2.52 bits per heavy atom. The number of likely N-dealkylation sites (N-methyl/N-ethyl adjacent to an activating group) is 1. The predicted molar refractivity (Wildman–Crippen MR) is 269 cm³/mol. The van der Waals surface area contributed by atoms with Crippen LogP contribution in [0.1, 0.15) is 83.6 Å². The number of esters is 1. The molecule has 2 fully saturated rings. The minimum absolute atomic E-state index is 0.0448. The zero-order valence-corrected chi connectivity index (χ0v) is 42.8. The Hall–Kier alpha value is -6.32. The van der Waals surface area contributed by atoms with Crippen molar-refractivity contribution in [2.75, 3.05) is 61.0 Å². The van der Waals surface area contributed by atoms with Gasteiger partial charge in [-0.25, -0.2) is 5.43 Å². The molecule has 380 valence electrons. The molecule has 5 heterocycles. The first-order valence-electron chi connectivity index (χ1n) is 24.6. The van der Waals surface area contributed by atoms with Gasteiger partial charge in [-0.1, -0.05) is 45.7 Å². The number of fused-ring (bicyclic) bond motifs is 6. The van der Waals surface area contributed by atoms with Gasteiger partial charge in [0.2, 0.25) is 5.91 Å². The number of phenols is 1. The number of carbonyl (C=O) groups excluding carboxylic acids is 5. The Bertz CT molecular complexity index is 2740. The summed E-state index contributed by atoms with van der Waals surface area (Å²) in [6.45, 7) is 12.9. The summed E-state index contributed by atoms with van der Waals surface area (Å²) in [5.41, 5.74) is 7.51. The number of benzene rings is 2. The van der Waals surface area contributed by atoms with Crippen LogP contribution in [0.4, 0.5) is 0 Å². The number of hydrogen-bond donors (Lipinski definition) is 4. The van der Waals surface area contributed by atoms with Crippen molar-refractivity contribution in [3.05, 3.63) is 71.5 Å². The predicted octanol–water partition coefficient (Wildman–Crippen LogP) is 4.46. The number of methoxy groups -OCH3 is 1. The first-order chi connectivity index (χ1) is 33.6. The number of β-amino-alcohol motifs (C(OH)–C–C–N with tert-alkyl or cyclic N) is 1. The maximum atomic E-state index is 14.8. The number of carbonyl (C=O) groups is 5. The summed E-state index contributed by atoms with van der Waals surface area (Å²) in [5, 5.41) is 28.3. The number of aromatic nitrogens is 2. The van der Waals surface area contributed by atoms with Gasteiger partial charge in [0.15, 0.2) is 5.60 Å². The van der Waals surface area contributed by atoms with Crippen LogP contribution in [0.3, 0.4) is 0 Å². The van der Waals surface area contributed by atoms with Gasteiger partial charge < -0.3 is 39.4 Å². The summed E-state index contributed by atoms with van der Waals surface area (Å²) in [6, 6.07) is 10.0. The number of nitrogens with one attached hydrogen (secondary N) is 2.